The largest absolute Gasteiger partial charge is 0.396 e. The third kappa shape index (κ3) is 2.03. The summed E-state index contributed by atoms with van der Waals surface area (Å²) in [5.41, 5.74) is 2.02. The Morgan fingerprint density at radius 1 is 1.47 bits per heavy atom. The second kappa shape index (κ2) is 4.43. The highest BCUT2D eigenvalue weighted by molar-refractivity contribution is 7.08. The standard InChI is InChI=1S/C12H13N3OS/c16-7-9-1-2-11(5-9)15-6-12(13-14-15)10-3-4-17-8-10/h1-4,6,8-9,11,16H,5,7H2/t9-,11+/m1/s1. The molecule has 0 saturated heterocycles. The van der Waals surface area contributed by atoms with E-state index in [0.717, 1.165) is 17.7 Å². The number of allylic oxidation sites excluding steroid dienone is 1. The zero-order chi connectivity index (χ0) is 11.7. The van der Waals surface area contributed by atoms with Gasteiger partial charge >= 0.3 is 0 Å². The van der Waals surface area contributed by atoms with Crippen LogP contribution in [0.15, 0.2) is 35.2 Å². The van der Waals surface area contributed by atoms with Gasteiger partial charge < -0.3 is 5.11 Å². The van der Waals surface area contributed by atoms with Crippen LogP contribution < -0.4 is 0 Å². The van der Waals surface area contributed by atoms with Gasteiger partial charge in [0.1, 0.15) is 5.69 Å². The van der Waals surface area contributed by atoms with Gasteiger partial charge in [0.2, 0.25) is 0 Å². The first-order valence-electron chi connectivity index (χ1n) is 5.60. The minimum absolute atomic E-state index is 0.207. The third-order valence-electron chi connectivity index (χ3n) is 3.05. The lowest BCUT2D eigenvalue weighted by Gasteiger charge is -2.09. The van der Waals surface area contributed by atoms with E-state index in [1.807, 2.05) is 22.3 Å². The zero-order valence-corrected chi connectivity index (χ0v) is 10.0. The fraction of sp³-hybridized carbons (Fsp3) is 0.333. The van der Waals surface area contributed by atoms with Gasteiger partial charge in [-0.2, -0.15) is 11.3 Å². The lowest BCUT2D eigenvalue weighted by Crippen LogP contribution is -2.08. The first-order valence-corrected chi connectivity index (χ1v) is 6.54. The number of hydrogen-bond acceptors (Lipinski definition) is 4. The Kier molecular flexibility index (Phi) is 2.78. The van der Waals surface area contributed by atoms with Gasteiger partial charge in [-0.1, -0.05) is 17.4 Å². The zero-order valence-electron chi connectivity index (χ0n) is 9.23. The molecule has 0 fully saturated rings. The minimum Gasteiger partial charge on any atom is -0.396 e. The molecule has 5 heteroatoms. The van der Waals surface area contributed by atoms with Crippen LogP contribution in [0.3, 0.4) is 0 Å². The molecule has 0 radical (unpaired) electrons. The van der Waals surface area contributed by atoms with Gasteiger partial charge in [0, 0.05) is 23.5 Å². The topological polar surface area (TPSA) is 50.9 Å². The summed E-state index contributed by atoms with van der Waals surface area (Å²) in [6.07, 6.45) is 7.02. The lowest BCUT2D eigenvalue weighted by atomic mass is 10.1. The average molecular weight is 247 g/mol. The van der Waals surface area contributed by atoms with Gasteiger partial charge in [0.25, 0.3) is 0 Å². The second-order valence-electron chi connectivity index (χ2n) is 4.23. The smallest absolute Gasteiger partial charge is 0.113 e. The summed E-state index contributed by atoms with van der Waals surface area (Å²) in [7, 11) is 0. The molecule has 0 unspecified atom stereocenters. The van der Waals surface area contributed by atoms with Crippen LogP contribution in [0.5, 0.6) is 0 Å². The molecule has 88 valence electrons. The number of aliphatic hydroxyl groups is 1. The summed E-state index contributed by atoms with van der Waals surface area (Å²) in [6.45, 7) is 0.207. The number of thiophene rings is 1. The van der Waals surface area contributed by atoms with Crippen LogP contribution >= 0.6 is 11.3 Å². The van der Waals surface area contributed by atoms with Crippen molar-refractivity contribution in [3.05, 3.63) is 35.2 Å². The van der Waals surface area contributed by atoms with E-state index in [1.165, 1.54) is 0 Å². The Bertz CT molecular complexity index is 518. The molecule has 0 aliphatic heterocycles. The molecule has 2 heterocycles. The van der Waals surface area contributed by atoms with Gasteiger partial charge in [0.05, 0.1) is 12.2 Å². The van der Waals surface area contributed by atoms with E-state index in [2.05, 4.69) is 27.8 Å². The average Bonchev–Trinajstić information content (AvgIpc) is 3.09. The third-order valence-corrected chi connectivity index (χ3v) is 3.73. The van der Waals surface area contributed by atoms with E-state index in [-0.39, 0.29) is 18.6 Å². The number of hydrogen-bond donors (Lipinski definition) is 1. The lowest BCUT2D eigenvalue weighted by molar-refractivity contribution is 0.242. The summed E-state index contributed by atoms with van der Waals surface area (Å²) in [5.74, 6) is 0.258. The molecule has 0 saturated carbocycles. The Morgan fingerprint density at radius 2 is 2.41 bits per heavy atom. The highest BCUT2D eigenvalue weighted by Crippen LogP contribution is 2.28. The molecule has 0 aromatic carbocycles. The summed E-state index contributed by atoms with van der Waals surface area (Å²) >= 11 is 1.66. The molecule has 17 heavy (non-hydrogen) atoms. The molecule has 1 N–H and O–H groups in total. The van der Waals surface area contributed by atoms with Crippen molar-refractivity contribution >= 4 is 11.3 Å². The van der Waals surface area contributed by atoms with E-state index in [9.17, 15) is 0 Å². The van der Waals surface area contributed by atoms with Crippen LogP contribution in [-0.2, 0) is 0 Å². The molecular weight excluding hydrogens is 234 g/mol. The highest BCUT2D eigenvalue weighted by atomic mass is 32.1. The van der Waals surface area contributed by atoms with Crippen molar-refractivity contribution in [3.63, 3.8) is 0 Å². The SMILES string of the molecule is OC[C@@H]1C=C[C@H](n2cc(-c3ccsc3)nn2)C1. The number of aromatic nitrogens is 3. The maximum Gasteiger partial charge on any atom is 0.113 e. The predicted molar refractivity (Wildman–Crippen MR) is 66.7 cm³/mol. The molecule has 0 bridgehead atoms. The van der Waals surface area contributed by atoms with Crippen molar-refractivity contribution in [2.45, 2.75) is 12.5 Å². The van der Waals surface area contributed by atoms with Crippen molar-refractivity contribution in [1.29, 1.82) is 0 Å². The van der Waals surface area contributed by atoms with Crippen LogP contribution in [-0.4, -0.2) is 26.7 Å². The molecule has 2 aromatic heterocycles. The summed E-state index contributed by atoms with van der Waals surface area (Å²) in [4.78, 5) is 0. The maximum atomic E-state index is 9.09. The van der Waals surface area contributed by atoms with Crippen LogP contribution in [0, 0.1) is 5.92 Å². The molecular formula is C12H13N3OS. The Balaban J connectivity index is 1.80. The molecule has 1 aliphatic rings. The van der Waals surface area contributed by atoms with Crippen molar-refractivity contribution in [1.82, 2.24) is 15.0 Å². The van der Waals surface area contributed by atoms with Crippen LogP contribution in [0.1, 0.15) is 12.5 Å². The Hall–Kier alpha value is -1.46. The van der Waals surface area contributed by atoms with Crippen molar-refractivity contribution in [2.75, 3.05) is 6.61 Å². The maximum absolute atomic E-state index is 9.09. The number of rotatable bonds is 3. The van der Waals surface area contributed by atoms with Gasteiger partial charge in [0.15, 0.2) is 0 Å². The fourth-order valence-corrected chi connectivity index (χ4v) is 2.72. The Labute approximate surface area is 103 Å². The fourth-order valence-electron chi connectivity index (χ4n) is 2.07. The summed E-state index contributed by atoms with van der Waals surface area (Å²) < 4.78 is 1.87. The molecule has 2 atom stereocenters. The first-order chi connectivity index (χ1) is 8.36. The predicted octanol–water partition coefficient (Wildman–Crippen LogP) is 2.12. The van der Waals surface area contributed by atoms with Crippen LogP contribution in [0.4, 0.5) is 0 Å². The Morgan fingerprint density at radius 3 is 3.12 bits per heavy atom. The van der Waals surface area contributed by atoms with Crippen LogP contribution in [0.25, 0.3) is 11.3 Å². The second-order valence-corrected chi connectivity index (χ2v) is 5.01. The molecule has 0 amide bonds. The van der Waals surface area contributed by atoms with Crippen molar-refractivity contribution in [2.24, 2.45) is 5.92 Å². The van der Waals surface area contributed by atoms with E-state index >= 15 is 0 Å². The first kappa shape index (κ1) is 10.7. The molecule has 2 aromatic rings. The van der Waals surface area contributed by atoms with Gasteiger partial charge in [-0.05, 0) is 17.9 Å². The minimum atomic E-state index is 0.207. The molecule has 0 spiro atoms. The van der Waals surface area contributed by atoms with Gasteiger partial charge in [-0.25, -0.2) is 4.68 Å². The number of aliphatic hydroxyl groups excluding tert-OH is 1. The highest BCUT2D eigenvalue weighted by Gasteiger charge is 2.20. The van der Waals surface area contributed by atoms with E-state index in [0.29, 0.717) is 0 Å². The van der Waals surface area contributed by atoms with E-state index in [4.69, 9.17) is 5.11 Å². The summed E-state index contributed by atoms with van der Waals surface area (Å²) in [6, 6.07) is 2.27. The normalized spacial score (nSPS) is 23.4. The van der Waals surface area contributed by atoms with Crippen molar-refractivity contribution in [3.8, 4) is 11.3 Å². The van der Waals surface area contributed by atoms with E-state index < -0.39 is 0 Å². The van der Waals surface area contributed by atoms with Gasteiger partial charge in [-0.15, -0.1) is 5.10 Å². The van der Waals surface area contributed by atoms with Crippen molar-refractivity contribution < 1.29 is 5.11 Å². The number of nitrogens with zero attached hydrogens (tertiary/aromatic N) is 3. The van der Waals surface area contributed by atoms with Crippen LogP contribution in [0.2, 0.25) is 0 Å². The molecule has 3 rings (SSSR count). The van der Waals surface area contributed by atoms with Gasteiger partial charge in [-0.3, -0.25) is 0 Å². The molecule has 4 nitrogen and oxygen atoms in total. The molecule has 1 aliphatic carbocycles. The monoisotopic (exact) mass is 247 g/mol. The summed E-state index contributed by atoms with van der Waals surface area (Å²) in [5, 5.41) is 21.5. The quantitative estimate of drug-likeness (QED) is 0.845. The van der Waals surface area contributed by atoms with E-state index in [1.54, 1.807) is 11.3 Å².